The first-order chi connectivity index (χ1) is 11.4. The molecule has 0 amide bonds. The number of carbonyl (C=O) groups is 1. The van der Waals surface area contributed by atoms with Gasteiger partial charge in [-0.3, -0.25) is 0 Å². The fraction of sp³-hybridized carbons (Fsp3) is 0.688. The fourth-order valence-corrected chi connectivity index (χ4v) is 3.32. The molecule has 0 unspecified atom stereocenters. The third-order valence-corrected chi connectivity index (χ3v) is 4.78. The lowest BCUT2D eigenvalue weighted by Gasteiger charge is -2.46. The highest BCUT2D eigenvalue weighted by Crippen LogP contribution is 2.36. The second kappa shape index (κ2) is 6.62. The maximum Gasteiger partial charge on any atom is 0.356 e. The number of hydrogen-bond donors (Lipinski definition) is 2. The summed E-state index contributed by atoms with van der Waals surface area (Å²) in [6.45, 7) is 3.29. The van der Waals surface area contributed by atoms with E-state index in [0.717, 1.165) is 0 Å². The summed E-state index contributed by atoms with van der Waals surface area (Å²) in [6, 6.07) is 1.60. The van der Waals surface area contributed by atoms with E-state index in [4.69, 9.17) is 9.47 Å². The molecule has 3 rings (SSSR count). The van der Waals surface area contributed by atoms with Crippen molar-refractivity contribution in [3.05, 3.63) is 17.5 Å². The van der Waals surface area contributed by atoms with Crippen molar-refractivity contribution >= 4 is 11.9 Å². The van der Waals surface area contributed by atoms with E-state index in [9.17, 15) is 15.0 Å². The first-order valence-corrected chi connectivity index (χ1v) is 8.11. The Kier molecular flexibility index (Phi) is 4.71. The van der Waals surface area contributed by atoms with Crippen LogP contribution in [0.1, 0.15) is 35.4 Å². The summed E-state index contributed by atoms with van der Waals surface area (Å²) in [4.78, 5) is 22.4. The Bertz CT molecular complexity index is 616. The molecule has 2 saturated heterocycles. The highest BCUT2D eigenvalue weighted by Gasteiger charge is 2.43. The van der Waals surface area contributed by atoms with Gasteiger partial charge in [0.2, 0.25) is 5.95 Å². The number of aromatic nitrogens is 2. The van der Waals surface area contributed by atoms with Gasteiger partial charge in [-0.15, -0.1) is 0 Å². The number of nitrogens with zero attached hydrogens (tertiary/aromatic N) is 3. The minimum absolute atomic E-state index is 0.161. The molecule has 0 bridgehead atoms. The van der Waals surface area contributed by atoms with Gasteiger partial charge in [0.15, 0.2) is 5.69 Å². The second-order valence-electron chi connectivity index (χ2n) is 6.51. The van der Waals surface area contributed by atoms with Crippen LogP contribution in [0, 0.1) is 6.92 Å². The van der Waals surface area contributed by atoms with E-state index in [0.29, 0.717) is 44.0 Å². The van der Waals surface area contributed by atoms with Crippen molar-refractivity contribution < 1.29 is 24.5 Å². The zero-order valence-corrected chi connectivity index (χ0v) is 13.9. The molecule has 2 fully saturated rings. The Morgan fingerprint density at radius 3 is 2.67 bits per heavy atom. The van der Waals surface area contributed by atoms with Crippen molar-refractivity contribution in [1.29, 1.82) is 0 Å². The molecule has 1 spiro atoms. The van der Waals surface area contributed by atoms with Crippen LogP contribution in [0.3, 0.4) is 0 Å². The Balaban J connectivity index is 1.71. The smallest absolute Gasteiger partial charge is 0.356 e. The van der Waals surface area contributed by atoms with Gasteiger partial charge in [-0.1, -0.05) is 0 Å². The molecule has 2 aliphatic heterocycles. The molecule has 2 N–H and O–H groups in total. The molecule has 8 heteroatoms. The number of anilines is 1. The van der Waals surface area contributed by atoms with E-state index in [1.165, 1.54) is 7.11 Å². The van der Waals surface area contributed by atoms with Gasteiger partial charge in [-0.2, -0.15) is 0 Å². The monoisotopic (exact) mass is 337 g/mol. The van der Waals surface area contributed by atoms with Gasteiger partial charge in [-0.25, -0.2) is 14.8 Å². The van der Waals surface area contributed by atoms with Crippen molar-refractivity contribution in [1.82, 2.24) is 9.97 Å². The quantitative estimate of drug-likeness (QED) is 0.730. The third kappa shape index (κ3) is 3.35. The minimum atomic E-state index is -0.809. The lowest BCUT2D eigenvalue weighted by molar-refractivity contribution is -0.178. The summed E-state index contributed by atoms with van der Waals surface area (Å²) in [5.74, 6) is 0.0181. The van der Waals surface area contributed by atoms with E-state index < -0.39 is 23.8 Å². The molecule has 0 saturated carbocycles. The van der Waals surface area contributed by atoms with Crippen molar-refractivity contribution in [2.45, 2.75) is 44.0 Å². The van der Waals surface area contributed by atoms with Crippen molar-refractivity contribution in [2.75, 3.05) is 31.7 Å². The molecule has 0 aliphatic carbocycles. The van der Waals surface area contributed by atoms with Gasteiger partial charge < -0.3 is 24.6 Å². The Morgan fingerprint density at radius 1 is 1.33 bits per heavy atom. The lowest BCUT2D eigenvalue weighted by Crippen LogP contribution is -2.54. The molecule has 1 aromatic rings. The van der Waals surface area contributed by atoms with E-state index >= 15 is 0 Å². The number of rotatable bonds is 2. The second-order valence-corrected chi connectivity index (χ2v) is 6.51. The number of aliphatic hydroxyl groups excluding tert-OH is 2. The summed E-state index contributed by atoms with van der Waals surface area (Å²) in [5.41, 5.74) is 0.547. The van der Waals surface area contributed by atoms with E-state index in [1.54, 1.807) is 6.07 Å². The maximum absolute atomic E-state index is 11.7. The van der Waals surface area contributed by atoms with Crippen LogP contribution < -0.4 is 4.90 Å². The molecule has 3 heterocycles. The summed E-state index contributed by atoms with van der Waals surface area (Å²) in [5, 5.41) is 19.5. The highest BCUT2D eigenvalue weighted by molar-refractivity contribution is 5.87. The zero-order valence-electron chi connectivity index (χ0n) is 13.9. The molecular weight excluding hydrogens is 314 g/mol. The van der Waals surface area contributed by atoms with Crippen molar-refractivity contribution in [2.24, 2.45) is 0 Å². The van der Waals surface area contributed by atoms with Crippen LogP contribution in [0.15, 0.2) is 6.07 Å². The van der Waals surface area contributed by atoms with Gasteiger partial charge in [0.25, 0.3) is 0 Å². The Hall–Kier alpha value is -1.77. The van der Waals surface area contributed by atoms with Crippen molar-refractivity contribution in [3.8, 4) is 0 Å². The SMILES string of the molecule is COC(=O)c1cc(C)nc(N2CCC3(CC2)C[C@@H](O)[C@@H](O)CO3)n1. The van der Waals surface area contributed by atoms with E-state index in [-0.39, 0.29) is 12.3 Å². The Labute approximate surface area is 140 Å². The normalized spacial score (nSPS) is 26.4. The number of carbonyl (C=O) groups excluding carboxylic acids is 1. The Morgan fingerprint density at radius 2 is 2.04 bits per heavy atom. The molecule has 0 radical (unpaired) electrons. The number of ether oxygens (including phenoxy) is 2. The average molecular weight is 337 g/mol. The molecule has 1 aromatic heterocycles. The first kappa shape index (κ1) is 17.1. The number of hydrogen-bond acceptors (Lipinski definition) is 8. The van der Waals surface area contributed by atoms with Crippen LogP contribution in [-0.2, 0) is 9.47 Å². The predicted molar refractivity (Wildman–Crippen MR) is 84.9 cm³/mol. The van der Waals surface area contributed by atoms with Gasteiger partial charge in [-0.05, 0) is 25.8 Å². The predicted octanol–water partition coefficient (Wildman–Crippen LogP) is 0.0527. The summed E-state index contributed by atoms with van der Waals surface area (Å²) in [7, 11) is 1.32. The van der Waals surface area contributed by atoms with Crippen LogP contribution >= 0.6 is 0 Å². The highest BCUT2D eigenvalue weighted by atomic mass is 16.5. The number of esters is 1. The van der Waals surface area contributed by atoms with Crippen LogP contribution in [0.4, 0.5) is 5.95 Å². The molecule has 2 atom stereocenters. The molecule has 132 valence electrons. The third-order valence-electron chi connectivity index (χ3n) is 4.78. The topological polar surface area (TPSA) is 105 Å². The summed E-state index contributed by atoms with van der Waals surface area (Å²) in [6.07, 6.45) is 0.302. The molecular formula is C16H23N3O5. The number of piperidine rings is 1. The summed E-state index contributed by atoms with van der Waals surface area (Å²) < 4.78 is 10.6. The number of aliphatic hydroxyl groups is 2. The first-order valence-electron chi connectivity index (χ1n) is 8.11. The minimum Gasteiger partial charge on any atom is -0.464 e. The average Bonchev–Trinajstić information content (AvgIpc) is 2.58. The van der Waals surface area contributed by atoms with Crippen LogP contribution in [0.25, 0.3) is 0 Å². The standard InChI is InChI=1S/C16H23N3O5/c1-10-7-11(14(22)23-2)18-15(17-10)19-5-3-16(4-6-19)8-12(20)13(21)9-24-16/h7,12-13,20-21H,3-6,8-9H2,1-2H3/t12-,13+/m1/s1. The molecule has 24 heavy (non-hydrogen) atoms. The van der Waals surface area contributed by atoms with E-state index in [2.05, 4.69) is 9.97 Å². The maximum atomic E-state index is 11.7. The number of aryl methyl sites for hydroxylation is 1. The van der Waals surface area contributed by atoms with Gasteiger partial charge in [0.05, 0.1) is 25.4 Å². The lowest BCUT2D eigenvalue weighted by atomic mass is 9.82. The fourth-order valence-electron chi connectivity index (χ4n) is 3.32. The number of methoxy groups -OCH3 is 1. The van der Waals surface area contributed by atoms with Crippen LogP contribution in [-0.4, -0.2) is 70.8 Å². The zero-order chi connectivity index (χ0) is 17.3. The van der Waals surface area contributed by atoms with Gasteiger partial charge in [0, 0.05) is 25.2 Å². The molecule has 8 nitrogen and oxygen atoms in total. The van der Waals surface area contributed by atoms with E-state index in [1.807, 2.05) is 11.8 Å². The van der Waals surface area contributed by atoms with Crippen molar-refractivity contribution in [3.63, 3.8) is 0 Å². The van der Waals surface area contributed by atoms with Gasteiger partial charge in [0.1, 0.15) is 6.10 Å². The molecule has 0 aromatic carbocycles. The largest absolute Gasteiger partial charge is 0.464 e. The van der Waals surface area contributed by atoms with Crippen LogP contribution in [0.2, 0.25) is 0 Å². The summed E-state index contributed by atoms with van der Waals surface area (Å²) >= 11 is 0. The van der Waals surface area contributed by atoms with Crippen LogP contribution in [0.5, 0.6) is 0 Å². The molecule has 2 aliphatic rings. The van der Waals surface area contributed by atoms with Gasteiger partial charge >= 0.3 is 5.97 Å².